The van der Waals surface area contributed by atoms with E-state index in [0.29, 0.717) is 0 Å². The van der Waals surface area contributed by atoms with Crippen LogP contribution in [0.25, 0.3) is 0 Å². The van der Waals surface area contributed by atoms with E-state index in [9.17, 15) is 74.7 Å². The number of nitrogens with one attached hydrogen (secondary N) is 7. The second-order valence-corrected chi connectivity index (χ2v) is 20.0. The Balaban J connectivity index is 5.34. The molecule has 518 valence electrons. The molecule has 0 saturated heterocycles. The molecule has 19 N–H and O–H groups in total. The molecule has 0 rings (SSSR count). The third-order valence-electron chi connectivity index (χ3n) is 12.1. The van der Waals surface area contributed by atoms with E-state index < -0.39 is 115 Å². The van der Waals surface area contributed by atoms with Gasteiger partial charge in [0.1, 0.15) is 52.7 Å². The molecular weight excluding hydrogens is 1190 g/mol. The molecule has 0 aliphatic carbocycles. The minimum atomic E-state index is -1.82. The van der Waals surface area contributed by atoms with Crippen LogP contribution in [0.2, 0.25) is 0 Å². The second kappa shape index (κ2) is 51.3. The smallest absolute Gasteiger partial charge is 0.221 e. The lowest BCUT2D eigenvalue weighted by atomic mass is 9.82. The Hall–Kier alpha value is -5.32. The number of ether oxygens (including phenoxy) is 9. The number of carbonyl (C=O) groups is 6. The van der Waals surface area contributed by atoms with Crippen LogP contribution in [0.5, 0.6) is 0 Å². The maximum Gasteiger partial charge on any atom is 0.221 e. The summed E-state index contributed by atoms with van der Waals surface area (Å²) in [5, 5.41) is 137. The SMILES string of the molecule is CC(=O)N/C(=C(\O)C(O)CCO)C(O)OCCOCCOCCNC(=O)CCC(CCC(=O)NCCOCCOCCOC(O)/C(NC(C)=O)=C(/O)C(O)CCO)(CCC(=O)NCCOCCOCCOC(O)/C(NC(C)=O)=C(/O)C(O)CCO)NC(C)C. The van der Waals surface area contributed by atoms with Crippen LogP contribution in [0.15, 0.2) is 34.4 Å². The molecule has 0 aromatic heterocycles. The summed E-state index contributed by atoms with van der Waals surface area (Å²) in [4.78, 5) is 74.2. The average molecular weight is 1290 g/mol. The number of aliphatic hydroxyl groups is 12. The maximum absolute atomic E-state index is 13.2. The van der Waals surface area contributed by atoms with Gasteiger partial charge in [0.15, 0.2) is 18.9 Å². The zero-order chi connectivity index (χ0) is 67.0. The van der Waals surface area contributed by atoms with Gasteiger partial charge >= 0.3 is 0 Å². The fraction of sp³-hybridized carbons (Fsp3) is 0.782. The molecule has 0 spiro atoms. The summed E-state index contributed by atoms with van der Waals surface area (Å²) < 4.78 is 48.5. The summed E-state index contributed by atoms with van der Waals surface area (Å²) in [6.45, 7) is 6.59. The fourth-order valence-corrected chi connectivity index (χ4v) is 7.83. The van der Waals surface area contributed by atoms with Crippen molar-refractivity contribution in [3.05, 3.63) is 34.4 Å². The van der Waals surface area contributed by atoms with E-state index in [1.54, 1.807) is 0 Å². The van der Waals surface area contributed by atoms with Crippen LogP contribution in [0, 0.1) is 0 Å². The van der Waals surface area contributed by atoms with Crippen molar-refractivity contribution in [2.75, 3.05) is 139 Å². The standard InChI is InChI=1S/C55H101N7O27/c1-36(2)62-55(12-6-43(72)56-15-21-81-24-27-84-30-33-87-52(78)46(59-37(3)66)49(75)40(69)9-18-63,13-7-44(73)57-16-22-82-25-28-85-31-34-88-53(79)47(60-38(4)67)50(76)41(70)10-19-64)14-8-45(74)58-17-23-83-26-29-86-32-35-89-54(80)48(61-39(5)68)51(77)42(71)11-20-65/h36,40-42,52-54,62-65,69-71,75-80H,6-35H2,1-5H3,(H,56,72)(H,57,73)(H,58,74)(H,59,66)(H,60,67)(H,61,68)/b49-46-,50-47-,51-48-. The third-order valence-corrected chi connectivity index (χ3v) is 12.1. The largest absolute Gasteiger partial charge is 0.508 e. The van der Waals surface area contributed by atoms with Gasteiger partial charge in [0, 0.05) is 110 Å². The molecule has 0 fully saturated rings. The molecule has 0 aromatic carbocycles. The first-order chi connectivity index (χ1) is 42.3. The predicted octanol–water partition coefficient (Wildman–Crippen LogP) is -4.54. The molecule has 0 bridgehead atoms. The zero-order valence-corrected chi connectivity index (χ0v) is 51.7. The highest BCUT2D eigenvalue weighted by Crippen LogP contribution is 2.27. The first-order valence-electron chi connectivity index (χ1n) is 29.3. The molecule has 0 saturated carbocycles. The Morgan fingerprint density at radius 1 is 0.382 bits per heavy atom. The van der Waals surface area contributed by atoms with E-state index >= 15 is 0 Å². The van der Waals surface area contributed by atoms with E-state index in [2.05, 4.69) is 37.2 Å². The maximum atomic E-state index is 13.2. The highest BCUT2D eigenvalue weighted by Gasteiger charge is 2.33. The van der Waals surface area contributed by atoms with Crippen molar-refractivity contribution in [2.45, 2.75) is 141 Å². The van der Waals surface area contributed by atoms with Gasteiger partial charge in [-0.3, -0.25) is 28.8 Å². The molecule has 34 nitrogen and oxygen atoms in total. The molecule has 0 aliphatic rings. The Labute approximate surface area is 518 Å². The molecule has 0 aliphatic heterocycles. The molecule has 0 aromatic rings. The monoisotopic (exact) mass is 1290 g/mol. The molecule has 89 heavy (non-hydrogen) atoms. The Morgan fingerprint density at radius 2 is 0.618 bits per heavy atom. The Kier molecular flexibility index (Phi) is 48.2. The van der Waals surface area contributed by atoms with Gasteiger partial charge in [0.05, 0.1) is 99.1 Å². The van der Waals surface area contributed by atoms with Crippen LogP contribution in [0.1, 0.15) is 92.4 Å². The minimum Gasteiger partial charge on any atom is -0.508 e. The molecule has 6 atom stereocenters. The quantitative estimate of drug-likeness (QED) is 0.0155. The van der Waals surface area contributed by atoms with E-state index in [-0.39, 0.29) is 200 Å². The second-order valence-electron chi connectivity index (χ2n) is 20.0. The van der Waals surface area contributed by atoms with Gasteiger partial charge in [-0.15, -0.1) is 0 Å². The Morgan fingerprint density at radius 3 is 0.843 bits per heavy atom. The van der Waals surface area contributed by atoms with Crippen molar-refractivity contribution >= 4 is 35.4 Å². The molecule has 6 unspecified atom stereocenters. The van der Waals surface area contributed by atoms with Crippen molar-refractivity contribution in [2.24, 2.45) is 0 Å². The summed E-state index contributed by atoms with van der Waals surface area (Å²) in [5.74, 6) is -5.21. The van der Waals surface area contributed by atoms with Crippen LogP contribution in [0.3, 0.4) is 0 Å². The third kappa shape index (κ3) is 41.6. The van der Waals surface area contributed by atoms with Gasteiger partial charge < -0.3 is 141 Å². The lowest BCUT2D eigenvalue weighted by Gasteiger charge is -2.37. The van der Waals surface area contributed by atoms with Gasteiger partial charge in [-0.1, -0.05) is 13.8 Å². The number of rotatable bonds is 56. The van der Waals surface area contributed by atoms with Crippen LogP contribution in [0.4, 0.5) is 0 Å². The zero-order valence-electron chi connectivity index (χ0n) is 51.7. The van der Waals surface area contributed by atoms with Gasteiger partial charge in [-0.2, -0.15) is 0 Å². The topological polar surface area (TPSA) is 512 Å². The van der Waals surface area contributed by atoms with Crippen molar-refractivity contribution in [1.29, 1.82) is 0 Å². The van der Waals surface area contributed by atoms with Crippen molar-refractivity contribution < 1.29 is 133 Å². The Bertz CT molecular complexity index is 1870. The molecule has 34 heteroatoms. The van der Waals surface area contributed by atoms with E-state index in [1.807, 2.05) is 13.8 Å². The summed E-state index contributed by atoms with van der Waals surface area (Å²) in [6, 6.07) is -0.135. The van der Waals surface area contributed by atoms with Crippen molar-refractivity contribution in [3.63, 3.8) is 0 Å². The lowest BCUT2D eigenvalue weighted by Crippen LogP contribution is -2.50. The van der Waals surface area contributed by atoms with E-state index in [0.717, 1.165) is 20.8 Å². The highest BCUT2D eigenvalue weighted by atomic mass is 16.6. The van der Waals surface area contributed by atoms with E-state index in [1.165, 1.54) is 0 Å². The highest BCUT2D eigenvalue weighted by molar-refractivity contribution is 5.78. The fourth-order valence-electron chi connectivity index (χ4n) is 7.83. The number of hydrogen-bond acceptors (Lipinski definition) is 28. The van der Waals surface area contributed by atoms with Gasteiger partial charge in [-0.05, 0) is 19.3 Å². The number of carbonyl (C=O) groups excluding carboxylic acids is 6. The van der Waals surface area contributed by atoms with Crippen molar-refractivity contribution in [1.82, 2.24) is 37.2 Å². The number of amides is 6. The average Bonchev–Trinajstić information content (AvgIpc) is 3.50. The summed E-state index contributed by atoms with van der Waals surface area (Å²) in [7, 11) is 0. The summed E-state index contributed by atoms with van der Waals surface area (Å²) in [6.07, 6.45) is -10.1. The predicted molar refractivity (Wildman–Crippen MR) is 312 cm³/mol. The normalized spacial score (nSPS) is 15.3. The molecule has 0 heterocycles. The van der Waals surface area contributed by atoms with Crippen LogP contribution in [-0.4, -0.2) is 284 Å². The lowest BCUT2D eigenvalue weighted by molar-refractivity contribution is -0.123. The van der Waals surface area contributed by atoms with Gasteiger partial charge in [0.25, 0.3) is 0 Å². The van der Waals surface area contributed by atoms with Crippen LogP contribution < -0.4 is 37.2 Å². The van der Waals surface area contributed by atoms with Gasteiger partial charge in [-0.25, -0.2) is 0 Å². The minimum absolute atomic E-state index is 0.0166. The number of hydrogen-bond donors (Lipinski definition) is 19. The van der Waals surface area contributed by atoms with Crippen molar-refractivity contribution in [3.8, 4) is 0 Å². The van der Waals surface area contributed by atoms with Gasteiger partial charge in [0.2, 0.25) is 35.4 Å². The van der Waals surface area contributed by atoms with E-state index in [4.69, 9.17) is 58.0 Å². The molecule has 0 radical (unpaired) electrons. The summed E-state index contributed by atoms with van der Waals surface area (Å²) in [5.41, 5.74) is -2.31. The molecular formula is C55H101N7O27. The summed E-state index contributed by atoms with van der Waals surface area (Å²) >= 11 is 0. The first-order valence-corrected chi connectivity index (χ1v) is 29.3. The number of aliphatic hydroxyl groups excluding tert-OH is 12. The molecule has 6 amide bonds. The first kappa shape index (κ1) is 83.7. The van der Waals surface area contributed by atoms with Crippen LogP contribution >= 0.6 is 0 Å². The van der Waals surface area contributed by atoms with Crippen LogP contribution in [-0.2, 0) is 71.4 Å².